The molecule has 0 aromatic carbocycles. The fourth-order valence-electron chi connectivity index (χ4n) is 1.99. The van der Waals surface area contributed by atoms with E-state index in [4.69, 9.17) is 4.74 Å². The maximum Gasteiger partial charge on any atom is 0.0471 e. The Bertz CT molecular complexity index is 201. The van der Waals surface area contributed by atoms with E-state index >= 15 is 0 Å². The van der Waals surface area contributed by atoms with Gasteiger partial charge in [-0.1, -0.05) is 38.8 Å². The first-order valence-corrected chi connectivity index (χ1v) is 6.82. The van der Waals surface area contributed by atoms with Gasteiger partial charge in [-0.2, -0.15) is 11.3 Å². The van der Waals surface area contributed by atoms with Crippen LogP contribution in [-0.4, -0.2) is 13.2 Å². The van der Waals surface area contributed by atoms with Crippen LogP contribution in [0.2, 0.25) is 0 Å². The maximum atomic E-state index is 5.33. The van der Waals surface area contributed by atoms with Crippen LogP contribution in [0.1, 0.15) is 39.5 Å². The van der Waals surface area contributed by atoms with E-state index in [-0.39, 0.29) is 0 Å². The van der Waals surface area contributed by atoms with Gasteiger partial charge in [-0.15, -0.1) is 0 Å². The molecule has 15 heavy (non-hydrogen) atoms. The summed E-state index contributed by atoms with van der Waals surface area (Å²) in [6, 6.07) is 4.04. The lowest BCUT2D eigenvalue weighted by molar-refractivity contribution is 0.0105. The quantitative estimate of drug-likeness (QED) is 0.728. The molecule has 2 heterocycles. The van der Waals surface area contributed by atoms with E-state index in [1.165, 1.54) is 25.7 Å². The van der Waals surface area contributed by atoms with Gasteiger partial charge >= 0.3 is 0 Å². The van der Waals surface area contributed by atoms with Gasteiger partial charge in [-0.3, -0.25) is 0 Å². The van der Waals surface area contributed by atoms with E-state index in [9.17, 15) is 0 Å². The molecule has 0 unspecified atom stereocenters. The Kier molecular flexibility index (Phi) is 5.96. The van der Waals surface area contributed by atoms with Crippen LogP contribution >= 0.6 is 11.3 Å². The van der Waals surface area contributed by atoms with Crippen LogP contribution in [0.5, 0.6) is 0 Å². The zero-order valence-electron chi connectivity index (χ0n) is 9.87. The third-order valence-corrected chi connectivity index (χ3v) is 4.11. The van der Waals surface area contributed by atoms with Crippen molar-refractivity contribution >= 4 is 11.3 Å². The van der Waals surface area contributed by atoms with E-state index < -0.39 is 0 Å². The van der Waals surface area contributed by atoms with Crippen molar-refractivity contribution < 1.29 is 4.74 Å². The molecule has 1 aromatic rings. The van der Waals surface area contributed by atoms with Gasteiger partial charge in [-0.05, 0) is 29.0 Å². The van der Waals surface area contributed by atoms with E-state index in [2.05, 4.69) is 13.8 Å². The summed E-state index contributed by atoms with van der Waals surface area (Å²) in [5, 5.41) is 4.08. The Balaban J connectivity index is 0.000000187. The van der Waals surface area contributed by atoms with E-state index in [0.717, 1.165) is 13.2 Å². The summed E-state index contributed by atoms with van der Waals surface area (Å²) in [7, 11) is 0. The van der Waals surface area contributed by atoms with Crippen molar-refractivity contribution in [2.75, 3.05) is 13.2 Å². The third-order valence-electron chi connectivity index (χ3n) is 3.48. The standard InChI is InChI=1S/C9H18O.C4H4S/c1-3-9(4-2)5-7-10-8-6-9;1-2-4-5-3-1/h3-8H2,1-2H3;1-4H. The predicted molar refractivity (Wildman–Crippen MR) is 67.4 cm³/mol. The van der Waals surface area contributed by atoms with Crippen LogP contribution in [0, 0.1) is 5.41 Å². The van der Waals surface area contributed by atoms with Gasteiger partial charge in [0.15, 0.2) is 0 Å². The summed E-state index contributed by atoms with van der Waals surface area (Å²) < 4.78 is 5.33. The Hall–Kier alpha value is -0.340. The van der Waals surface area contributed by atoms with Crippen molar-refractivity contribution in [2.24, 2.45) is 5.41 Å². The second-order valence-electron chi connectivity index (χ2n) is 4.11. The minimum Gasteiger partial charge on any atom is -0.381 e. The van der Waals surface area contributed by atoms with Crippen molar-refractivity contribution in [2.45, 2.75) is 39.5 Å². The van der Waals surface area contributed by atoms with Crippen LogP contribution in [0.15, 0.2) is 22.9 Å². The Morgan fingerprint density at radius 1 is 1.07 bits per heavy atom. The highest BCUT2D eigenvalue weighted by atomic mass is 32.1. The molecule has 86 valence electrons. The number of ether oxygens (including phenoxy) is 1. The Morgan fingerprint density at radius 3 is 1.87 bits per heavy atom. The second-order valence-corrected chi connectivity index (χ2v) is 4.93. The molecular formula is C13H22OS. The van der Waals surface area contributed by atoms with E-state index in [0.29, 0.717) is 5.41 Å². The van der Waals surface area contributed by atoms with E-state index in [1.807, 2.05) is 22.9 Å². The molecule has 0 N–H and O–H groups in total. The molecule has 1 aromatic heterocycles. The molecule has 1 nitrogen and oxygen atoms in total. The molecule has 0 radical (unpaired) electrons. The molecule has 1 saturated heterocycles. The number of hydrogen-bond acceptors (Lipinski definition) is 2. The fourth-order valence-corrected chi connectivity index (χ4v) is 2.44. The van der Waals surface area contributed by atoms with Crippen LogP contribution in [-0.2, 0) is 4.74 Å². The maximum absolute atomic E-state index is 5.33. The van der Waals surface area contributed by atoms with Gasteiger partial charge < -0.3 is 4.74 Å². The molecule has 2 heteroatoms. The summed E-state index contributed by atoms with van der Waals surface area (Å²) >= 11 is 1.71. The molecule has 1 fully saturated rings. The van der Waals surface area contributed by atoms with Crippen LogP contribution in [0.3, 0.4) is 0 Å². The average molecular weight is 226 g/mol. The van der Waals surface area contributed by atoms with Crippen LogP contribution < -0.4 is 0 Å². The van der Waals surface area contributed by atoms with Gasteiger partial charge in [0.1, 0.15) is 0 Å². The first-order chi connectivity index (χ1) is 7.33. The normalized spacial score (nSPS) is 19.1. The lowest BCUT2D eigenvalue weighted by Gasteiger charge is -2.35. The summed E-state index contributed by atoms with van der Waals surface area (Å²) in [6.45, 7) is 6.58. The summed E-state index contributed by atoms with van der Waals surface area (Å²) in [5.41, 5.74) is 0.637. The van der Waals surface area contributed by atoms with Gasteiger partial charge in [0.05, 0.1) is 0 Å². The minimum absolute atomic E-state index is 0.637. The first kappa shape index (κ1) is 12.7. The van der Waals surface area contributed by atoms with Crippen molar-refractivity contribution in [3.63, 3.8) is 0 Å². The summed E-state index contributed by atoms with van der Waals surface area (Å²) in [6.07, 6.45) is 5.21. The lowest BCUT2D eigenvalue weighted by atomic mass is 9.76. The van der Waals surface area contributed by atoms with Gasteiger partial charge in [-0.25, -0.2) is 0 Å². The van der Waals surface area contributed by atoms with Crippen LogP contribution in [0.4, 0.5) is 0 Å². The minimum atomic E-state index is 0.637. The molecule has 0 bridgehead atoms. The SMILES string of the molecule is CCC1(CC)CCOCC1.c1ccsc1. The highest BCUT2D eigenvalue weighted by Gasteiger charge is 2.28. The second kappa shape index (κ2) is 7.02. The predicted octanol–water partition coefficient (Wildman–Crippen LogP) is 4.35. The average Bonchev–Trinajstić information content (AvgIpc) is 2.89. The monoisotopic (exact) mass is 226 g/mol. The molecule has 0 atom stereocenters. The zero-order chi connectivity index (χ0) is 11.0. The van der Waals surface area contributed by atoms with E-state index in [1.54, 1.807) is 11.3 Å². The van der Waals surface area contributed by atoms with Gasteiger partial charge in [0, 0.05) is 13.2 Å². The van der Waals surface area contributed by atoms with Crippen molar-refractivity contribution in [1.82, 2.24) is 0 Å². The smallest absolute Gasteiger partial charge is 0.0471 e. The van der Waals surface area contributed by atoms with Crippen molar-refractivity contribution in [3.05, 3.63) is 22.9 Å². The highest BCUT2D eigenvalue weighted by Crippen LogP contribution is 2.36. The largest absolute Gasteiger partial charge is 0.381 e. The number of thiophene rings is 1. The Morgan fingerprint density at radius 2 is 1.60 bits per heavy atom. The number of rotatable bonds is 2. The third kappa shape index (κ3) is 4.35. The van der Waals surface area contributed by atoms with Gasteiger partial charge in [0.2, 0.25) is 0 Å². The highest BCUT2D eigenvalue weighted by molar-refractivity contribution is 7.07. The summed E-state index contributed by atoms with van der Waals surface area (Å²) in [5.74, 6) is 0. The summed E-state index contributed by atoms with van der Waals surface area (Å²) in [4.78, 5) is 0. The van der Waals surface area contributed by atoms with Crippen molar-refractivity contribution in [3.8, 4) is 0 Å². The molecule has 2 rings (SSSR count). The first-order valence-electron chi connectivity index (χ1n) is 5.88. The topological polar surface area (TPSA) is 9.23 Å². The fraction of sp³-hybridized carbons (Fsp3) is 0.692. The molecule has 1 aliphatic heterocycles. The Labute approximate surface area is 97.5 Å². The lowest BCUT2D eigenvalue weighted by Crippen LogP contribution is -2.27. The number of hydrogen-bond donors (Lipinski definition) is 0. The molecule has 1 aliphatic rings. The van der Waals surface area contributed by atoms with Crippen LogP contribution in [0.25, 0.3) is 0 Å². The van der Waals surface area contributed by atoms with Crippen molar-refractivity contribution in [1.29, 1.82) is 0 Å². The zero-order valence-corrected chi connectivity index (χ0v) is 10.7. The molecule has 0 amide bonds. The molecule has 0 spiro atoms. The van der Waals surface area contributed by atoms with Gasteiger partial charge in [0.25, 0.3) is 0 Å². The molecule has 0 saturated carbocycles. The molecule has 0 aliphatic carbocycles. The molecular weight excluding hydrogens is 204 g/mol.